The van der Waals surface area contributed by atoms with Crippen molar-refractivity contribution in [2.45, 2.75) is 32.6 Å². The van der Waals surface area contributed by atoms with Crippen LogP contribution in [0, 0.1) is 0 Å². The van der Waals surface area contributed by atoms with Gasteiger partial charge in [0, 0.05) is 21.6 Å². The van der Waals surface area contributed by atoms with Crippen molar-refractivity contribution in [1.29, 1.82) is 0 Å². The first-order valence-electron chi connectivity index (χ1n) is 11.3. The minimum absolute atomic E-state index is 0.0528. The lowest BCUT2D eigenvalue weighted by Gasteiger charge is -2.24. The quantitative estimate of drug-likeness (QED) is 0.298. The van der Waals surface area contributed by atoms with Crippen LogP contribution in [0.15, 0.2) is 84.9 Å². The standard InChI is InChI=1S/C29H25N3/c1-4-29(2,3)27-21-13-7-9-15-23(21)30-28(31-27)32-24-16-10-8-14-22(24)26-20-12-6-5-11-19(20)17-18-25(26)32/h5-18H,4H2,1-3H3. The molecule has 0 bridgehead atoms. The smallest absolute Gasteiger partial charge is 0.235 e. The highest BCUT2D eigenvalue weighted by molar-refractivity contribution is 6.21. The SMILES string of the molecule is CCC(C)(C)c1nc(-n2c3ccccc3c3c4ccccc4ccc32)nc2ccccc12. The predicted molar refractivity (Wildman–Crippen MR) is 135 cm³/mol. The molecule has 0 fully saturated rings. The summed E-state index contributed by atoms with van der Waals surface area (Å²) in [7, 11) is 0. The Bertz CT molecular complexity index is 1640. The fraction of sp³-hybridized carbons (Fsp3) is 0.172. The van der Waals surface area contributed by atoms with E-state index in [4.69, 9.17) is 9.97 Å². The molecule has 0 saturated carbocycles. The second-order valence-electron chi connectivity index (χ2n) is 9.16. The second-order valence-corrected chi connectivity index (χ2v) is 9.16. The topological polar surface area (TPSA) is 30.7 Å². The van der Waals surface area contributed by atoms with Crippen LogP contribution in [0.3, 0.4) is 0 Å². The molecule has 4 aromatic carbocycles. The molecule has 3 heteroatoms. The summed E-state index contributed by atoms with van der Waals surface area (Å²) in [5.41, 5.74) is 4.31. The maximum Gasteiger partial charge on any atom is 0.235 e. The van der Waals surface area contributed by atoms with Gasteiger partial charge >= 0.3 is 0 Å². The van der Waals surface area contributed by atoms with Crippen LogP contribution >= 0.6 is 0 Å². The summed E-state index contributed by atoms with van der Waals surface area (Å²) in [6.07, 6.45) is 1.01. The third kappa shape index (κ3) is 2.67. The van der Waals surface area contributed by atoms with Crippen LogP contribution in [-0.4, -0.2) is 14.5 Å². The molecule has 0 aliphatic heterocycles. The highest BCUT2D eigenvalue weighted by Crippen LogP contribution is 2.37. The molecule has 2 heterocycles. The van der Waals surface area contributed by atoms with Crippen molar-refractivity contribution in [3.8, 4) is 5.95 Å². The molecule has 0 spiro atoms. The number of aromatic nitrogens is 3. The zero-order valence-electron chi connectivity index (χ0n) is 18.6. The van der Waals surface area contributed by atoms with E-state index in [0.717, 1.165) is 40.0 Å². The number of fused-ring (bicyclic) bond motifs is 6. The predicted octanol–water partition coefficient (Wildman–Crippen LogP) is 7.57. The van der Waals surface area contributed by atoms with E-state index in [1.165, 1.54) is 21.5 Å². The highest BCUT2D eigenvalue weighted by Gasteiger charge is 2.25. The molecule has 6 rings (SSSR count). The molecule has 0 aliphatic carbocycles. The van der Waals surface area contributed by atoms with Crippen molar-refractivity contribution in [3.63, 3.8) is 0 Å². The van der Waals surface area contributed by atoms with Gasteiger partial charge in [-0.1, -0.05) is 87.5 Å². The Morgan fingerprint density at radius 2 is 1.38 bits per heavy atom. The van der Waals surface area contributed by atoms with Crippen molar-refractivity contribution in [1.82, 2.24) is 14.5 Å². The van der Waals surface area contributed by atoms with Gasteiger partial charge in [0.25, 0.3) is 0 Å². The Kier molecular flexibility index (Phi) is 4.09. The van der Waals surface area contributed by atoms with Gasteiger partial charge in [0.1, 0.15) is 0 Å². The average molecular weight is 416 g/mol. The van der Waals surface area contributed by atoms with Gasteiger partial charge in [-0.3, -0.25) is 4.57 Å². The molecule has 0 atom stereocenters. The first-order valence-corrected chi connectivity index (χ1v) is 11.3. The van der Waals surface area contributed by atoms with E-state index >= 15 is 0 Å². The fourth-order valence-electron chi connectivity index (χ4n) is 4.80. The summed E-state index contributed by atoms with van der Waals surface area (Å²) in [5, 5.41) is 6.12. The lowest BCUT2D eigenvalue weighted by Crippen LogP contribution is -2.20. The van der Waals surface area contributed by atoms with Gasteiger partial charge in [-0.15, -0.1) is 0 Å². The largest absolute Gasteiger partial charge is 0.278 e. The zero-order chi connectivity index (χ0) is 21.9. The fourth-order valence-corrected chi connectivity index (χ4v) is 4.80. The van der Waals surface area contributed by atoms with Gasteiger partial charge in [-0.2, -0.15) is 0 Å². The molecule has 0 aliphatic rings. The zero-order valence-corrected chi connectivity index (χ0v) is 18.6. The van der Waals surface area contributed by atoms with Crippen LogP contribution in [0.25, 0.3) is 49.4 Å². The molecule has 156 valence electrons. The molecule has 3 nitrogen and oxygen atoms in total. The van der Waals surface area contributed by atoms with E-state index in [9.17, 15) is 0 Å². The number of hydrogen-bond donors (Lipinski definition) is 0. The lowest BCUT2D eigenvalue weighted by atomic mass is 9.84. The summed E-state index contributed by atoms with van der Waals surface area (Å²) >= 11 is 0. The molecule has 6 aromatic rings. The molecule has 0 unspecified atom stereocenters. The molecule has 0 saturated heterocycles. The third-order valence-electron chi connectivity index (χ3n) is 6.88. The normalized spacial score (nSPS) is 12.3. The van der Waals surface area contributed by atoms with Crippen molar-refractivity contribution in [2.75, 3.05) is 0 Å². The van der Waals surface area contributed by atoms with Gasteiger partial charge in [0.05, 0.1) is 22.2 Å². The van der Waals surface area contributed by atoms with Crippen LogP contribution in [0.2, 0.25) is 0 Å². The molecule has 0 N–H and O–H groups in total. The Morgan fingerprint density at radius 3 is 2.19 bits per heavy atom. The van der Waals surface area contributed by atoms with E-state index in [1.807, 2.05) is 0 Å². The van der Waals surface area contributed by atoms with E-state index in [-0.39, 0.29) is 5.41 Å². The highest BCUT2D eigenvalue weighted by atomic mass is 15.2. The van der Waals surface area contributed by atoms with Gasteiger partial charge in [-0.25, -0.2) is 9.97 Å². The lowest BCUT2D eigenvalue weighted by molar-refractivity contribution is 0.494. The van der Waals surface area contributed by atoms with Crippen molar-refractivity contribution in [3.05, 3.63) is 90.6 Å². The van der Waals surface area contributed by atoms with Crippen LogP contribution in [-0.2, 0) is 5.41 Å². The Hall–Kier alpha value is -3.72. The van der Waals surface area contributed by atoms with Crippen LogP contribution in [0.5, 0.6) is 0 Å². The van der Waals surface area contributed by atoms with Crippen LogP contribution in [0.1, 0.15) is 32.9 Å². The van der Waals surface area contributed by atoms with Crippen molar-refractivity contribution >= 4 is 43.5 Å². The van der Waals surface area contributed by atoms with Gasteiger partial charge < -0.3 is 0 Å². The van der Waals surface area contributed by atoms with Gasteiger partial charge in [0.2, 0.25) is 5.95 Å². The second kappa shape index (κ2) is 6.89. The monoisotopic (exact) mass is 415 g/mol. The summed E-state index contributed by atoms with van der Waals surface area (Å²) < 4.78 is 2.23. The van der Waals surface area contributed by atoms with Gasteiger partial charge in [0.15, 0.2) is 0 Å². The number of rotatable bonds is 3. The van der Waals surface area contributed by atoms with E-state index in [0.29, 0.717) is 0 Å². The van der Waals surface area contributed by atoms with Crippen molar-refractivity contribution < 1.29 is 0 Å². The van der Waals surface area contributed by atoms with E-state index in [2.05, 4.69) is 110 Å². The minimum atomic E-state index is -0.0528. The molecule has 0 radical (unpaired) electrons. The molecule has 32 heavy (non-hydrogen) atoms. The number of hydrogen-bond acceptors (Lipinski definition) is 2. The maximum absolute atomic E-state index is 5.22. The van der Waals surface area contributed by atoms with Crippen LogP contribution in [0.4, 0.5) is 0 Å². The maximum atomic E-state index is 5.22. The summed E-state index contributed by atoms with van der Waals surface area (Å²) in [5.74, 6) is 0.738. The third-order valence-corrected chi connectivity index (χ3v) is 6.88. The summed E-state index contributed by atoms with van der Waals surface area (Å²) in [4.78, 5) is 10.3. The summed E-state index contributed by atoms with van der Waals surface area (Å²) in [6.45, 7) is 6.76. The van der Waals surface area contributed by atoms with E-state index in [1.54, 1.807) is 0 Å². The number of nitrogens with zero attached hydrogens (tertiary/aromatic N) is 3. The number of para-hydroxylation sites is 2. The molecule has 2 aromatic heterocycles. The Balaban J connectivity index is 1.79. The van der Waals surface area contributed by atoms with Crippen LogP contribution < -0.4 is 0 Å². The Labute approximate surface area is 187 Å². The molecular weight excluding hydrogens is 390 g/mol. The van der Waals surface area contributed by atoms with Gasteiger partial charge in [-0.05, 0) is 35.4 Å². The minimum Gasteiger partial charge on any atom is -0.278 e. The first-order chi connectivity index (χ1) is 15.6. The summed E-state index contributed by atoms with van der Waals surface area (Å²) in [6, 6.07) is 30.0. The average Bonchev–Trinajstić information content (AvgIpc) is 3.18. The first kappa shape index (κ1) is 19.0. The number of benzene rings is 4. The molecule has 0 amide bonds. The van der Waals surface area contributed by atoms with Crippen molar-refractivity contribution in [2.24, 2.45) is 0 Å². The molecular formula is C29H25N3. The Morgan fingerprint density at radius 1 is 0.688 bits per heavy atom. The van der Waals surface area contributed by atoms with E-state index < -0.39 is 0 Å².